The maximum absolute atomic E-state index is 12.3. The van der Waals surface area contributed by atoms with Crippen molar-refractivity contribution in [3.05, 3.63) is 71.3 Å². The molecule has 4 nitrogen and oxygen atoms in total. The fraction of sp³-hybridized carbons (Fsp3) is 0.286. The van der Waals surface area contributed by atoms with Gasteiger partial charge in [-0.15, -0.1) is 0 Å². The molecule has 0 N–H and O–H groups in total. The Balaban J connectivity index is 1.48. The van der Waals surface area contributed by atoms with Crippen LogP contribution in [0.4, 0.5) is 0 Å². The summed E-state index contributed by atoms with van der Waals surface area (Å²) in [7, 11) is 0. The molecule has 0 bridgehead atoms. The minimum atomic E-state index is -0.207. The van der Waals surface area contributed by atoms with Crippen LogP contribution in [-0.2, 0) is 6.42 Å². The molecule has 0 aromatic heterocycles. The van der Waals surface area contributed by atoms with Crippen molar-refractivity contribution in [1.29, 1.82) is 5.26 Å². The van der Waals surface area contributed by atoms with E-state index in [1.165, 1.54) is 4.90 Å². The summed E-state index contributed by atoms with van der Waals surface area (Å²) in [4.78, 5) is 25.9. The molecule has 25 heavy (non-hydrogen) atoms. The van der Waals surface area contributed by atoms with E-state index >= 15 is 0 Å². The van der Waals surface area contributed by atoms with E-state index in [4.69, 9.17) is 0 Å². The number of rotatable bonds is 7. The van der Waals surface area contributed by atoms with Gasteiger partial charge in [0.25, 0.3) is 11.8 Å². The number of amides is 2. The molecule has 1 aliphatic heterocycles. The minimum Gasteiger partial charge on any atom is -0.274 e. The van der Waals surface area contributed by atoms with E-state index in [0.29, 0.717) is 17.7 Å². The molecule has 2 aromatic carbocycles. The molecule has 4 heteroatoms. The number of carbonyl (C=O) groups excluding carboxylic acids is 2. The summed E-state index contributed by atoms with van der Waals surface area (Å²) in [6.45, 7) is 0.413. The minimum absolute atomic E-state index is 0.0374. The van der Waals surface area contributed by atoms with Crippen molar-refractivity contribution in [3.63, 3.8) is 0 Å². The molecule has 1 aliphatic rings. The van der Waals surface area contributed by atoms with E-state index in [-0.39, 0.29) is 17.7 Å². The summed E-state index contributed by atoms with van der Waals surface area (Å²) in [5, 5.41) is 9.33. The summed E-state index contributed by atoms with van der Waals surface area (Å²) in [5.74, 6) is -0.451. The zero-order valence-corrected chi connectivity index (χ0v) is 14.0. The smallest absolute Gasteiger partial charge is 0.261 e. The van der Waals surface area contributed by atoms with Crippen LogP contribution in [0.15, 0.2) is 54.6 Å². The van der Waals surface area contributed by atoms with Crippen LogP contribution in [0.25, 0.3) is 0 Å². The highest BCUT2D eigenvalue weighted by molar-refractivity contribution is 6.21. The van der Waals surface area contributed by atoms with Gasteiger partial charge in [0.1, 0.15) is 0 Å². The Hall–Kier alpha value is -2.93. The third kappa shape index (κ3) is 3.77. The van der Waals surface area contributed by atoms with Crippen LogP contribution in [0.3, 0.4) is 0 Å². The van der Waals surface area contributed by atoms with Crippen LogP contribution >= 0.6 is 0 Å². The summed E-state index contributed by atoms with van der Waals surface area (Å²) >= 11 is 0. The van der Waals surface area contributed by atoms with Crippen molar-refractivity contribution in [3.8, 4) is 6.07 Å². The lowest BCUT2D eigenvalue weighted by Gasteiger charge is -2.14. The number of hydrogen-bond donors (Lipinski definition) is 0. The maximum atomic E-state index is 12.3. The molecule has 1 unspecified atom stereocenters. The van der Waals surface area contributed by atoms with Crippen LogP contribution in [0.1, 0.15) is 45.5 Å². The van der Waals surface area contributed by atoms with Crippen molar-refractivity contribution in [2.45, 2.75) is 25.7 Å². The SMILES string of the molecule is N#CC(CCCCN1C(=O)c2ccccc2C1=O)Cc1ccccc1. The molecule has 126 valence electrons. The lowest BCUT2D eigenvalue weighted by atomic mass is 9.95. The lowest BCUT2D eigenvalue weighted by Crippen LogP contribution is -2.30. The van der Waals surface area contributed by atoms with Gasteiger partial charge in [0.15, 0.2) is 0 Å². The number of benzene rings is 2. The second-order valence-electron chi connectivity index (χ2n) is 6.32. The largest absolute Gasteiger partial charge is 0.274 e. The van der Waals surface area contributed by atoms with Gasteiger partial charge in [-0.25, -0.2) is 0 Å². The van der Waals surface area contributed by atoms with E-state index in [9.17, 15) is 14.9 Å². The molecule has 1 atom stereocenters. The standard InChI is InChI=1S/C21H20N2O2/c22-15-17(14-16-8-2-1-3-9-16)10-6-7-13-23-20(24)18-11-4-5-12-19(18)21(23)25/h1-5,8-9,11-12,17H,6-7,10,13-14H2. The quantitative estimate of drug-likeness (QED) is 0.572. The molecule has 1 heterocycles. The summed E-state index contributed by atoms with van der Waals surface area (Å²) in [6, 6.07) is 19.3. The highest BCUT2D eigenvalue weighted by Gasteiger charge is 2.34. The highest BCUT2D eigenvalue weighted by atomic mass is 16.2. The molecule has 0 aliphatic carbocycles. The monoisotopic (exact) mass is 332 g/mol. The lowest BCUT2D eigenvalue weighted by molar-refractivity contribution is 0.0651. The van der Waals surface area contributed by atoms with Gasteiger partial charge in [-0.05, 0) is 37.0 Å². The molecular formula is C21H20N2O2. The number of nitrogens with zero attached hydrogens (tertiary/aromatic N) is 2. The molecular weight excluding hydrogens is 312 g/mol. The van der Waals surface area contributed by atoms with Crippen LogP contribution < -0.4 is 0 Å². The van der Waals surface area contributed by atoms with Crippen molar-refractivity contribution in [1.82, 2.24) is 4.90 Å². The first-order valence-electron chi connectivity index (χ1n) is 8.59. The van der Waals surface area contributed by atoms with E-state index in [1.807, 2.05) is 30.3 Å². The number of imide groups is 1. The molecule has 0 saturated heterocycles. The number of hydrogen-bond acceptors (Lipinski definition) is 3. The fourth-order valence-corrected chi connectivity index (χ4v) is 3.21. The first-order chi connectivity index (χ1) is 12.2. The molecule has 0 saturated carbocycles. The number of unbranched alkanes of at least 4 members (excludes halogenated alkanes) is 1. The normalized spacial score (nSPS) is 14.3. The Kier molecular flexibility index (Phi) is 5.25. The van der Waals surface area contributed by atoms with Gasteiger partial charge < -0.3 is 0 Å². The van der Waals surface area contributed by atoms with E-state index < -0.39 is 0 Å². The average molecular weight is 332 g/mol. The second kappa shape index (κ2) is 7.76. The van der Waals surface area contributed by atoms with Gasteiger partial charge in [0, 0.05) is 6.54 Å². The Morgan fingerprint density at radius 2 is 1.48 bits per heavy atom. The van der Waals surface area contributed by atoms with Crippen molar-refractivity contribution >= 4 is 11.8 Å². The molecule has 2 amide bonds. The zero-order chi connectivity index (χ0) is 17.6. The first-order valence-corrected chi connectivity index (χ1v) is 8.59. The van der Waals surface area contributed by atoms with Crippen LogP contribution in [0, 0.1) is 17.2 Å². The predicted octanol–water partition coefficient (Wildman–Crippen LogP) is 3.84. The Morgan fingerprint density at radius 3 is 2.08 bits per heavy atom. The molecule has 0 fully saturated rings. The van der Waals surface area contributed by atoms with Gasteiger partial charge >= 0.3 is 0 Å². The van der Waals surface area contributed by atoms with Crippen LogP contribution in [0.5, 0.6) is 0 Å². The Labute approximate surface area is 147 Å². The van der Waals surface area contributed by atoms with Gasteiger partial charge in [0.05, 0.1) is 23.1 Å². The fourth-order valence-electron chi connectivity index (χ4n) is 3.21. The second-order valence-corrected chi connectivity index (χ2v) is 6.32. The van der Waals surface area contributed by atoms with Crippen LogP contribution in [0.2, 0.25) is 0 Å². The molecule has 2 aromatic rings. The third-order valence-corrected chi connectivity index (χ3v) is 4.57. The van der Waals surface area contributed by atoms with E-state index in [0.717, 1.165) is 31.2 Å². The molecule has 0 radical (unpaired) electrons. The molecule has 0 spiro atoms. The Bertz CT molecular complexity index is 773. The average Bonchev–Trinajstić information content (AvgIpc) is 2.90. The van der Waals surface area contributed by atoms with Gasteiger partial charge in [-0.3, -0.25) is 14.5 Å². The maximum Gasteiger partial charge on any atom is 0.261 e. The summed E-state index contributed by atoms with van der Waals surface area (Å²) in [6.07, 6.45) is 3.05. The highest BCUT2D eigenvalue weighted by Crippen LogP contribution is 2.23. The number of nitriles is 1. The van der Waals surface area contributed by atoms with Gasteiger partial charge in [-0.1, -0.05) is 48.9 Å². The summed E-state index contributed by atoms with van der Waals surface area (Å²) in [5.41, 5.74) is 2.15. The number of carbonyl (C=O) groups is 2. The van der Waals surface area contributed by atoms with Crippen molar-refractivity contribution in [2.24, 2.45) is 5.92 Å². The van der Waals surface area contributed by atoms with Crippen LogP contribution in [-0.4, -0.2) is 23.3 Å². The van der Waals surface area contributed by atoms with Gasteiger partial charge in [0.2, 0.25) is 0 Å². The van der Waals surface area contributed by atoms with Gasteiger partial charge in [-0.2, -0.15) is 5.26 Å². The molecule has 3 rings (SSSR count). The topological polar surface area (TPSA) is 61.2 Å². The Morgan fingerprint density at radius 1 is 0.880 bits per heavy atom. The van der Waals surface area contributed by atoms with Crippen molar-refractivity contribution < 1.29 is 9.59 Å². The number of fused-ring (bicyclic) bond motifs is 1. The van der Waals surface area contributed by atoms with E-state index in [2.05, 4.69) is 6.07 Å². The first kappa shape index (κ1) is 16.9. The zero-order valence-electron chi connectivity index (χ0n) is 14.0. The predicted molar refractivity (Wildman–Crippen MR) is 94.9 cm³/mol. The van der Waals surface area contributed by atoms with Crippen molar-refractivity contribution in [2.75, 3.05) is 6.54 Å². The summed E-state index contributed by atoms with van der Waals surface area (Å²) < 4.78 is 0. The third-order valence-electron chi connectivity index (χ3n) is 4.57. The van der Waals surface area contributed by atoms with E-state index in [1.54, 1.807) is 24.3 Å².